The van der Waals surface area contributed by atoms with Crippen LogP contribution in [0, 0.1) is 0 Å². The molecule has 0 spiro atoms. The molecule has 2 aliphatic heterocycles. The molecule has 0 saturated carbocycles. The van der Waals surface area contributed by atoms with Gasteiger partial charge in [0.05, 0.1) is 22.1 Å². The van der Waals surface area contributed by atoms with Crippen LogP contribution in [0.15, 0.2) is 33.4 Å². The third kappa shape index (κ3) is 5.17. The number of thioether (sulfide) groups is 1. The van der Waals surface area contributed by atoms with Gasteiger partial charge in [0.1, 0.15) is 29.4 Å². The average Bonchev–Trinajstić information content (AvgIpc) is 3.40. The number of nitrogens with zero attached hydrogens (tertiary/aromatic N) is 4. The first-order chi connectivity index (χ1) is 15.8. The van der Waals surface area contributed by atoms with Gasteiger partial charge in [-0.2, -0.15) is 0 Å². The fraction of sp³-hybridized carbons (Fsp3) is 0.222. The summed E-state index contributed by atoms with van der Waals surface area (Å²) in [6.45, 7) is 0. The molecule has 0 radical (unpaired) electrons. The van der Waals surface area contributed by atoms with E-state index in [1.54, 1.807) is 17.7 Å². The van der Waals surface area contributed by atoms with Gasteiger partial charge in [0.2, 0.25) is 0 Å². The van der Waals surface area contributed by atoms with Crippen molar-refractivity contribution in [3.8, 4) is 0 Å². The number of β-lactam (4-membered cyclic amide) rings is 1. The van der Waals surface area contributed by atoms with Gasteiger partial charge in [0, 0.05) is 11.1 Å². The molecule has 0 aromatic carbocycles. The summed E-state index contributed by atoms with van der Waals surface area (Å²) in [5, 5.41) is 19.6. The van der Waals surface area contributed by atoms with E-state index in [-0.39, 0.29) is 57.5 Å². The summed E-state index contributed by atoms with van der Waals surface area (Å²) in [7, 11) is 1.27. The van der Waals surface area contributed by atoms with Gasteiger partial charge in [0.25, 0.3) is 11.8 Å². The number of halogens is 1. The number of carbonyl (C=O) groups is 3. The van der Waals surface area contributed by atoms with Crippen LogP contribution < -0.4 is 45.7 Å². The maximum absolute atomic E-state index is 12.8. The Balaban J connectivity index is 0.00000324. The molecule has 1 saturated heterocycles. The normalized spacial score (nSPS) is 20.0. The van der Waals surface area contributed by atoms with Gasteiger partial charge in [-0.05, 0) is 11.6 Å². The summed E-state index contributed by atoms with van der Waals surface area (Å²) in [6.07, 6.45) is 3.21. The van der Waals surface area contributed by atoms with Crippen LogP contribution in [0.25, 0.3) is 6.08 Å². The maximum Gasteiger partial charge on any atom is 1.00 e. The molecule has 4 rings (SSSR count). The molecule has 2 aromatic heterocycles. The number of fused-ring (bicyclic) bond motifs is 1. The van der Waals surface area contributed by atoms with Crippen LogP contribution in [0.4, 0.5) is 5.13 Å². The van der Waals surface area contributed by atoms with Crippen LogP contribution in [-0.4, -0.2) is 62.6 Å². The maximum atomic E-state index is 12.8. The second kappa shape index (κ2) is 11.2. The monoisotopic (exact) mass is 548 g/mol. The van der Waals surface area contributed by atoms with E-state index in [4.69, 9.17) is 22.2 Å². The van der Waals surface area contributed by atoms with Gasteiger partial charge < -0.3 is 25.8 Å². The van der Waals surface area contributed by atoms with E-state index in [0.29, 0.717) is 15.6 Å². The summed E-state index contributed by atoms with van der Waals surface area (Å²) >= 11 is 9.68. The summed E-state index contributed by atoms with van der Waals surface area (Å²) < 4.78 is 0. The summed E-state index contributed by atoms with van der Waals surface area (Å²) in [4.78, 5) is 51.8. The molecule has 2 aromatic rings. The van der Waals surface area contributed by atoms with Gasteiger partial charge in [-0.15, -0.1) is 34.4 Å². The number of thiazole rings is 2. The molecule has 16 heteroatoms. The number of hydrogen-bond donors (Lipinski definition) is 2. The molecule has 172 valence electrons. The Morgan fingerprint density at radius 1 is 1.41 bits per heavy atom. The molecule has 2 aliphatic rings. The molecule has 11 nitrogen and oxygen atoms in total. The van der Waals surface area contributed by atoms with Crippen molar-refractivity contribution in [1.82, 2.24) is 20.2 Å². The zero-order valence-electron chi connectivity index (χ0n) is 17.7. The van der Waals surface area contributed by atoms with Gasteiger partial charge in [-0.3, -0.25) is 14.5 Å². The largest absolute Gasteiger partial charge is 1.00 e. The standard InChI is InChI=1S/C18H15ClN6O5S3.Na/c1-30-24-10(8-5-32-18(20)22-8)14(26)23-11-15(27)25-12(17(28)29)7(4-31-16(11)25)2-3-9-13(19)21-6-33-9;/h2-3,5-6,11,16H,4H2,1H3,(H2,20,22)(H,23,26)(H,28,29);/q;+1/p-1/t11?,16-;/m1./s1. The van der Waals surface area contributed by atoms with E-state index in [1.165, 1.54) is 35.6 Å². The minimum Gasteiger partial charge on any atom is -0.543 e. The third-order valence-electron chi connectivity index (χ3n) is 4.62. The minimum absolute atomic E-state index is 0. The topological polar surface area (TPSA) is 163 Å². The van der Waals surface area contributed by atoms with Crippen LogP contribution in [-0.2, 0) is 19.2 Å². The number of nitrogens with one attached hydrogen (secondary N) is 1. The first kappa shape index (κ1) is 26.7. The van der Waals surface area contributed by atoms with E-state index in [1.807, 2.05) is 0 Å². The Labute approximate surface area is 232 Å². The van der Waals surface area contributed by atoms with Crippen LogP contribution in [0.3, 0.4) is 0 Å². The quantitative estimate of drug-likeness (QED) is 0.162. The minimum atomic E-state index is -1.49. The van der Waals surface area contributed by atoms with Crippen molar-refractivity contribution in [2.75, 3.05) is 18.6 Å². The Hall–Kier alpha value is -1.94. The van der Waals surface area contributed by atoms with E-state index in [9.17, 15) is 19.5 Å². The SMILES string of the molecule is CON=C(C(=O)NC1C(=O)N2C(C(=O)[O-])=C(C=Cc3scnc3Cl)CS[C@H]12)c1csc(N)n1.[Na+]. The Morgan fingerprint density at radius 3 is 2.76 bits per heavy atom. The van der Waals surface area contributed by atoms with Crippen molar-refractivity contribution < 1.29 is 53.9 Å². The van der Waals surface area contributed by atoms with E-state index in [2.05, 4.69) is 20.4 Å². The Kier molecular flexibility index (Phi) is 8.78. The number of oxime groups is 1. The van der Waals surface area contributed by atoms with E-state index < -0.39 is 29.2 Å². The smallest absolute Gasteiger partial charge is 0.543 e. The predicted molar refractivity (Wildman–Crippen MR) is 123 cm³/mol. The molecular weight excluding hydrogens is 535 g/mol. The van der Waals surface area contributed by atoms with Crippen LogP contribution >= 0.6 is 46.0 Å². The Bertz CT molecular complexity index is 1230. The van der Waals surface area contributed by atoms with Crippen LogP contribution in [0.1, 0.15) is 10.6 Å². The van der Waals surface area contributed by atoms with Gasteiger partial charge in [-0.1, -0.05) is 22.8 Å². The number of nitrogen functional groups attached to an aromatic ring is 1. The molecule has 1 fully saturated rings. The molecule has 0 bridgehead atoms. The number of aromatic nitrogens is 2. The summed E-state index contributed by atoms with van der Waals surface area (Å²) in [5.74, 6) is -2.51. The molecule has 3 N–H and O–H groups in total. The summed E-state index contributed by atoms with van der Waals surface area (Å²) in [5.41, 5.74) is 7.36. The first-order valence-electron chi connectivity index (χ1n) is 9.11. The number of amides is 2. The molecule has 2 atom stereocenters. The van der Waals surface area contributed by atoms with Gasteiger partial charge in [0.15, 0.2) is 10.8 Å². The third-order valence-corrected chi connectivity index (χ3v) is 7.81. The molecule has 2 amide bonds. The zero-order valence-corrected chi connectivity index (χ0v) is 22.9. The molecular formula is C18H14ClN6NaO5S3. The predicted octanol–water partition coefficient (Wildman–Crippen LogP) is -2.69. The zero-order chi connectivity index (χ0) is 23.7. The number of hydrogen-bond acceptors (Lipinski definition) is 12. The number of carboxylic acid groups (broad SMARTS) is 1. The molecule has 34 heavy (non-hydrogen) atoms. The van der Waals surface area contributed by atoms with Crippen molar-refractivity contribution in [3.63, 3.8) is 0 Å². The van der Waals surface area contributed by atoms with Crippen molar-refractivity contribution in [3.05, 3.63) is 44.0 Å². The Morgan fingerprint density at radius 2 is 2.18 bits per heavy atom. The second-order valence-electron chi connectivity index (χ2n) is 6.56. The van der Waals surface area contributed by atoms with Gasteiger partial charge in [-0.25, -0.2) is 9.97 Å². The van der Waals surface area contributed by atoms with Crippen LogP contribution in [0.5, 0.6) is 0 Å². The number of aliphatic carboxylic acids is 1. The number of rotatable bonds is 7. The first-order valence-corrected chi connectivity index (χ1v) is 12.3. The summed E-state index contributed by atoms with van der Waals surface area (Å²) in [6, 6.07) is -0.962. The fourth-order valence-corrected chi connectivity index (χ4v) is 5.93. The van der Waals surface area contributed by atoms with Crippen molar-refractivity contribution in [1.29, 1.82) is 0 Å². The molecule has 0 aliphatic carbocycles. The van der Waals surface area contributed by atoms with Crippen molar-refractivity contribution >= 4 is 80.7 Å². The number of nitrogens with two attached hydrogens (primary N) is 1. The molecule has 4 heterocycles. The number of carboxylic acids is 1. The molecule has 1 unspecified atom stereocenters. The van der Waals surface area contributed by atoms with Gasteiger partial charge >= 0.3 is 29.6 Å². The number of allylic oxidation sites excluding steroid dienone is 1. The fourth-order valence-electron chi connectivity index (χ4n) is 3.19. The average molecular weight is 549 g/mol. The number of carbonyl (C=O) groups excluding carboxylic acids is 3. The van der Waals surface area contributed by atoms with Crippen LogP contribution in [0.2, 0.25) is 5.15 Å². The second-order valence-corrected chi connectivity index (χ2v) is 9.80. The van der Waals surface area contributed by atoms with Crippen molar-refractivity contribution in [2.45, 2.75) is 11.4 Å². The number of anilines is 1. The van der Waals surface area contributed by atoms with Crippen molar-refractivity contribution in [2.24, 2.45) is 5.16 Å². The van der Waals surface area contributed by atoms with E-state index in [0.717, 1.165) is 16.2 Å². The van der Waals surface area contributed by atoms with E-state index >= 15 is 0 Å².